The fourth-order valence-electron chi connectivity index (χ4n) is 0.936. The number of halogens is 4. The van der Waals surface area contributed by atoms with E-state index in [2.05, 4.69) is 20.9 Å². The van der Waals surface area contributed by atoms with Crippen molar-refractivity contribution in [2.75, 3.05) is 0 Å². The molecule has 8 heteroatoms. The summed E-state index contributed by atoms with van der Waals surface area (Å²) in [6, 6.07) is 0.754. The van der Waals surface area contributed by atoms with E-state index < -0.39 is 26.1 Å². The van der Waals surface area contributed by atoms with Gasteiger partial charge in [0.15, 0.2) is 5.03 Å². The van der Waals surface area contributed by atoms with Gasteiger partial charge >= 0.3 is 0 Å². The topological polar surface area (TPSA) is 47.0 Å². The molecule has 0 bridgehead atoms. The predicted octanol–water partition coefficient (Wildman–Crippen LogP) is 3.02. The van der Waals surface area contributed by atoms with Crippen molar-refractivity contribution in [2.24, 2.45) is 0 Å². The van der Waals surface area contributed by atoms with Crippen molar-refractivity contribution in [2.45, 2.75) is 18.4 Å². The van der Waals surface area contributed by atoms with Crippen LogP contribution in [0.4, 0.5) is 8.78 Å². The monoisotopic (exact) mass is 319 g/mol. The Kier molecular flexibility index (Phi) is 3.67. The summed E-state index contributed by atoms with van der Waals surface area (Å²) in [5, 5.41) is -0.569. The number of pyridine rings is 1. The van der Waals surface area contributed by atoms with E-state index in [1.165, 1.54) is 6.92 Å². The van der Waals surface area contributed by atoms with Crippen LogP contribution in [0.1, 0.15) is 17.7 Å². The molecule has 15 heavy (non-hydrogen) atoms. The zero-order valence-corrected chi connectivity index (χ0v) is 10.5. The highest BCUT2D eigenvalue weighted by atomic mass is 79.9. The molecule has 0 radical (unpaired) electrons. The number of hydrogen-bond donors (Lipinski definition) is 0. The number of aryl methyl sites for hydroxylation is 1. The molecule has 0 saturated heterocycles. The SMILES string of the molecule is Cc1nc(S(=O)(=O)Cl)cc(C(F)F)c1Br. The first-order valence-electron chi connectivity index (χ1n) is 3.63. The van der Waals surface area contributed by atoms with E-state index in [0.29, 0.717) is 0 Å². The fourth-order valence-corrected chi connectivity index (χ4v) is 2.06. The molecule has 0 aromatic carbocycles. The Morgan fingerprint density at radius 2 is 2.07 bits per heavy atom. The minimum absolute atomic E-state index is 0.0848. The van der Waals surface area contributed by atoms with Crippen LogP contribution in [0.2, 0.25) is 0 Å². The van der Waals surface area contributed by atoms with Gasteiger partial charge in [-0.1, -0.05) is 0 Å². The van der Waals surface area contributed by atoms with Crippen molar-refractivity contribution in [3.05, 3.63) is 21.8 Å². The second-order valence-electron chi connectivity index (χ2n) is 2.69. The first-order valence-corrected chi connectivity index (χ1v) is 6.73. The molecular formula is C7H5BrClF2NO2S. The van der Waals surface area contributed by atoms with Crippen LogP contribution in [-0.4, -0.2) is 13.4 Å². The Morgan fingerprint density at radius 1 is 1.53 bits per heavy atom. The van der Waals surface area contributed by atoms with Gasteiger partial charge in [0, 0.05) is 20.7 Å². The average molecular weight is 321 g/mol. The lowest BCUT2D eigenvalue weighted by molar-refractivity contribution is 0.150. The van der Waals surface area contributed by atoms with Gasteiger partial charge in [0.25, 0.3) is 15.5 Å². The molecule has 0 aliphatic carbocycles. The summed E-state index contributed by atoms with van der Waals surface area (Å²) in [6.45, 7) is 1.40. The summed E-state index contributed by atoms with van der Waals surface area (Å²) in [6.07, 6.45) is -2.79. The summed E-state index contributed by atoms with van der Waals surface area (Å²) in [5.41, 5.74) is -0.297. The van der Waals surface area contributed by atoms with Crippen molar-refractivity contribution < 1.29 is 17.2 Å². The molecule has 1 aromatic rings. The van der Waals surface area contributed by atoms with Crippen LogP contribution in [0, 0.1) is 6.92 Å². The summed E-state index contributed by atoms with van der Waals surface area (Å²) >= 11 is 2.90. The first-order chi connectivity index (χ1) is 6.73. The van der Waals surface area contributed by atoms with Crippen molar-refractivity contribution in [1.29, 1.82) is 0 Å². The zero-order chi connectivity index (χ0) is 11.8. The molecule has 0 saturated carbocycles. The maximum Gasteiger partial charge on any atom is 0.278 e. The van der Waals surface area contributed by atoms with Crippen LogP contribution in [0.5, 0.6) is 0 Å². The number of nitrogens with zero attached hydrogens (tertiary/aromatic N) is 1. The summed E-state index contributed by atoms with van der Waals surface area (Å²) < 4.78 is 46.9. The summed E-state index contributed by atoms with van der Waals surface area (Å²) in [4.78, 5) is 3.59. The third-order valence-corrected chi connectivity index (χ3v) is 3.83. The number of rotatable bonds is 2. The van der Waals surface area contributed by atoms with E-state index in [4.69, 9.17) is 10.7 Å². The Hall–Kier alpha value is -0.270. The van der Waals surface area contributed by atoms with Crippen LogP contribution in [0.3, 0.4) is 0 Å². The van der Waals surface area contributed by atoms with E-state index in [-0.39, 0.29) is 10.2 Å². The molecule has 0 N–H and O–H groups in total. The van der Waals surface area contributed by atoms with Crippen molar-refractivity contribution in [1.82, 2.24) is 4.98 Å². The van der Waals surface area contributed by atoms with Gasteiger partial charge in [0.1, 0.15) is 0 Å². The number of aromatic nitrogens is 1. The number of hydrogen-bond acceptors (Lipinski definition) is 3. The normalized spacial score (nSPS) is 12.1. The molecule has 1 aromatic heterocycles. The Morgan fingerprint density at radius 3 is 2.47 bits per heavy atom. The zero-order valence-electron chi connectivity index (χ0n) is 7.34. The van der Waals surface area contributed by atoms with Gasteiger partial charge in [-0.05, 0) is 28.9 Å². The van der Waals surface area contributed by atoms with Crippen LogP contribution >= 0.6 is 26.6 Å². The van der Waals surface area contributed by atoms with Crippen LogP contribution in [0.15, 0.2) is 15.6 Å². The van der Waals surface area contributed by atoms with Gasteiger partial charge in [0.2, 0.25) is 0 Å². The Balaban J connectivity index is 3.50. The van der Waals surface area contributed by atoms with E-state index in [1.54, 1.807) is 0 Å². The molecule has 0 spiro atoms. The van der Waals surface area contributed by atoms with Gasteiger partial charge in [0.05, 0.1) is 5.69 Å². The molecule has 0 aliphatic heterocycles. The lowest BCUT2D eigenvalue weighted by Gasteiger charge is -2.07. The van der Waals surface area contributed by atoms with E-state index in [1.807, 2.05) is 0 Å². The second kappa shape index (κ2) is 4.31. The first kappa shape index (κ1) is 12.8. The lowest BCUT2D eigenvalue weighted by atomic mass is 10.2. The van der Waals surface area contributed by atoms with Crippen LogP contribution in [0.25, 0.3) is 0 Å². The summed E-state index contributed by atoms with van der Waals surface area (Å²) in [5.74, 6) is 0. The molecule has 3 nitrogen and oxygen atoms in total. The molecule has 0 atom stereocenters. The summed E-state index contributed by atoms with van der Waals surface area (Å²) in [7, 11) is 0.918. The standard InChI is InChI=1S/C7H5BrClF2NO2S/c1-3-6(8)4(7(10)11)2-5(12-3)15(9,13)14/h2,7H,1H3. The minimum Gasteiger partial charge on any atom is -0.239 e. The van der Waals surface area contributed by atoms with E-state index >= 15 is 0 Å². The van der Waals surface area contributed by atoms with Crippen molar-refractivity contribution >= 4 is 35.7 Å². The molecule has 1 rings (SSSR count). The largest absolute Gasteiger partial charge is 0.278 e. The van der Waals surface area contributed by atoms with Crippen LogP contribution in [-0.2, 0) is 9.05 Å². The lowest BCUT2D eigenvalue weighted by Crippen LogP contribution is -2.01. The molecule has 0 unspecified atom stereocenters. The molecule has 0 aliphatic rings. The molecular weight excluding hydrogens is 316 g/mol. The van der Waals surface area contributed by atoms with Gasteiger partial charge in [-0.2, -0.15) is 0 Å². The second-order valence-corrected chi connectivity index (χ2v) is 5.99. The van der Waals surface area contributed by atoms with Gasteiger partial charge < -0.3 is 0 Å². The maximum atomic E-state index is 12.5. The van der Waals surface area contributed by atoms with E-state index in [0.717, 1.165) is 6.07 Å². The van der Waals surface area contributed by atoms with Gasteiger partial charge in [-0.25, -0.2) is 22.2 Å². The van der Waals surface area contributed by atoms with Crippen molar-refractivity contribution in [3.63, 3.8) is 0 Å². The fraction of sp³-hybridized carbons (Fsp3) is 0.286. The smallest absolute Gasteiger partial charge is 0.239 e. The van der Waals surface area contributed by atoms with Crippen LogP contribution < -0.4 is 0 Å². The maximum absolute atomic E-state index is 12.5. The highest BCUT2D eigenvalue weighted by molar-refractivity contribution is 9.10. The highest BCUT2D eigenvalue weighted by Gasteiger charge is 2.20. The number of alkyl halides is 2. The molecule has 1 heterocycles. The van der Waals surface area contributed by atoms with E-state index in [9.17, 15) is 17.2 Å². The average Bonchev–Trinajstić information content (AvgIpc) is 2.06. The minimum atomic E-state index is -4.09. The third-order valence-electron chi connectivity index (χ3n) is 1.61. The Labute approximate surface area is 98.0 Å². The van der Waals surface area contributed by atoms with Gasteiger partial charge in [-0.15, -0.1) is 0 Å². The molecule has 0 fully saturated rings. The molecule has 0 amide bonds. The van der Waals surface area contributed by atoms with Crippen molar-refractivity contribution in [3.8, 4) is 0 Å². The Bertz CT molecular complexity index is 492. The third kappa shape index (κ3) is 2.85. The predicted molar refractivity (Wildman–Crippen MR) is 54.7 cm³/mol. The quantitative estimate of drug-likeness (QED) is 0.787. The van der Waals surface area contributed by atoms with Gasteiger partial charge in [-0.3, -0.25) is 0 Å². The molecule has 84 valence electrons. The highest BCUT2D eigenvalue weighted by Crippen LogP contribution is 2.31.